The van der Waals surface area contributed by atoms with Crippen molar-refractivity contribution in [3.63, 3.8) is 0 Å². The van der Waals surface area contributed by atoms with Crippen LogP contribution < -0.4 is 5.63 Å². The third-order valence-electron chi connectivity index (χ3n) is 10.3. The molecule has 202 valence electrons. The van der Waals surface area contributed by atoms with E-state index in [0.717, 1.165) is 34.1 Å². The van der Waals surface area contributed by atoms with Gasteiger partial charge in [-0.3, -0.25) is 0 Å². The molecule has 3 aliphatic carbocycles. The molecule has 0 saturated heterocycles. The van der Waals surface area contributed by atoms with Crippen LogP contribution in [0.3, 0.4) is 0 Å². The van der Waals surface area contributed by atoms with Gasteiger partial charge in [0.05, 0.1) is 0 Å². The molecule has 4 atom stereocenters. The highest BCUT2D eigenvalue weighted by Crippen LogP contribution is 2.62. The second kappa shape index (κ2) is 8.97. The number of aryl methyl sites for hydroxylation is 1. The van der Waals surface area contributed by atoms with Gasteiger partial charge in [-0.1, -0.05) is 57.9 Å². The smallest absolute Gasteiger partial charge is 0.357 e. The molecule has 0 amide bonds. The van der Waals surface area contributed by atoms with Gasteiger partial charge in [0.1, 0.15) is 15.0 Å². The first-order chi connectivity index (χ1) is 18.7. The molecule has 0 bridgehead atoms. The number of thiophene rings is 2. The number of rotatable bonds is 3. The van der Waals surface area contributed by atoms with E-state index >= 15 is 0 Å². The van der Waals surface area contributed by atoms with Crippen LogP contribution in [-0.4, -0.2) is 9.97 Å². The maximum atomic E-state index is 12.8. The summed E-state index contributed by atoms with van der Waals surface area (Å²) in [5, 5.41) is 3.11. The van der Waals surface area contributed by atoms with Gasteiger partial charge in [-0.25, -0.2) is 14.8 Å². The van der Waals surface area contributed by atoms with Gasteiger partial charge in [-0.2, -0.15) is 0 Å². The van der Waals surface area contributed by atoms with Gasteiger partial charge >= 0.3 is 5.63 Å². The van der Waals surface area contributed by atoms with Crippen LogP contribution >= 0.6 is 22.7 Å². The Morgan fingerprint density at radius 3 is 2.79 bits per heavy atom. The fourth-order valence-corrected chi connectivity index (χ4v) is 10.0. The van der Waals surface area contributed by atoms with Crippen molar-refractivity contribution in [3.05, 3.63) is 68.9 Å². The van der Waals surface area contributed by atoms with Crippen molar-refractivity contribution >= 4 is 43.1 Å². The van der Waals surface area contributed by atoms with Crippen LogP contribution in [0.15, 0.2) is 56.1 Å². The van der Waals surface area contributed by atoms with Gasteiger partial charge in [0, 0.05) is 33.9 Å². The van der Waals surface area contributed by atoms with Gasteiger partial charge in [0.2, 0.25) is 0 Å². The fraction of sp³-hybridized carbons (Fsp3) is 0.485. The number of pyridine rings is 1. The van der Waals surface area contributed by atoms with Gasteiger partial charge in [-0.15, -0.1) is 22.7 Å². The molecular weight excluding hydrogens is 521 g/mol. The predicted octanol–water partition coefficient (Wildman–Crippen LogP) is 9.22. The lowest BCUT2D eigenvalue weighted by Crippen LogP contribution is -2.52. The van der Waals surface area contributed by atoms with E-state index < -0.39 is 0 Å². The van der Waals surface area contributed by atoms with E-state index in [1.54, 1.807) is 29.4 Å². The van der Waals surface area contributed by atoms with Crippen LogP contribution in [-0.2, 0) is 5.41 Å². The SMILES string of the molecule is Cc1nc2c(sc3nc(C4(C)CCCC5(C)C6CCC(C(C)C)=CC6=CCC45)cc(-c4cccs4)c32)c(=O)o1. The number of allylic oxidation sites excluding steroid dienone is 4. The number of fused-ring (bicyclic) bond motifs is 6. The standard InChI is InChI=1S/C33H36N2O2S2/c1-18(2)20-9-11-23-21(16-20)10-12-25-32(23,4)13-7-14-33(25,5)26-17-22(24-8-6-15-38-24)27-28-29(39-30(27)35-26)31(36)37-19(3)34-28/h6,8,10,15-18,23,25H,7,9,11-14H2,1-5H3. The minimum absolute atomic E-state index is 0.0402. The van der Waals surface area contributed by atoms with E-state index in [1.807, 2.05) is 0 Å². The Labute approximate surface area is 237 Å². The summed E-state index contributed by atoms with van der Waals surface area (Å²) in [6.07, 6.45) is 12.4. The van der Waals surface area contributed by atoms with Crippen LogP contribution in [0, 0.1) is 30.1 Å². The highest BCUT2D eigenvalue weighted by molar-refractivity contribution is 7.25. The quantitative estimate of drug-likeness (QED) is 0.252. The third kappa shape index (κ3) is 3.77. The fourth-order valence-electron chi connectivity index (χ4n) is 8.26. The normalized spacial score (nSPS) is 28.9. The maximum Gasteiger partial charge on any atom is 0.357 e. The molecule has 1 fully saturated rings. The number of aromatic nitrogens is 2. The molecular formula is C33H36N2O2S2. The first-order valence-electron chi connectivity index (χ1n) is 14.4. The summed E-state index contributed by atoms with van der Waals surface area (Å²) in [5.74, 6) is 2.18. The summed E-state index contributed by atoms with van der Waals surface area (Å²) in [4.78, 5) is 25.0. The minimum Gasteiger partial charge on any atom is -0.408 e. The van der Waals surface area contributed by atoms with E-state index in [0.29, 0.717) is 28.3 Å². The van der Waals surface area contributed by atoms with E-state index in [-0.39, 0.29) is 16.5 Å². The molecule has 4 nitrogen and oxygen atoms in total. The van der Waals surface area contributed by atoms with Gasteiger partial charge in [-0.05, 0) is 78.4 Å². The van der Waals surface area contributed by atoms with Crippen molar-refractivity contribution in [3.8, 4) is 10.4 Å². The zero-order valence-corrected chi connectivity index (χ0v) is 25.1. The van der Waals surface area contributed by atoms with Gasteiger partial charge in [0.15, 0.2) is 5.89 Å². The van der Waals surface area contributed by atoms with Crippen LogP contribution in [0.25, 0.3) is 30.9 Å². The van der Waals surface area contributed by atoms with Crippen molar-refractivity contribution in [2.75, 3.05) is 0 Å². The molecule has 7 rings (SSSR count). The van der Waals surface area contributed by atoms with Crippen LogP contribution in [0.5, 0.6) is 0 Å². The zero-order valence-electron chi connectivity index (χ0n) is 23.5. The van der Waals surface area contributed by atoms with E-state index in [9.17, 15) is 4.79 Å². The summed E-state index contributed by atoms with van der Waals surface area (Å²) in [5.41, 5.74) is 6.16. The van der Waals surface area contributed by atoms with Gasteiger partial charge in [0.25, 0.3) is 0 Å². The Hall–Kier alpha value is -2.57. The molecule has 0 radical (unpaired) electrons. The molecule has 3 aliphatic rings. The lowest BCUT2D eigenvalue weighted by molar-refractivity contribution is -0.0104. The molecule has 39 heavy (non-hydrogen) atoms. The summed E-state index contributed by atoms with van der Waals surface area (Å²) in [6, 6.07) is 6.62. The number of hydrogen-bond acceptors (Lipinski definition) is 6. The Morgan fingerprint density at radius 2 is 2.03 bits per heavy atom. The molecule has 0 N–H and O–H groups in total. The molecule has 6 heteroatoms. The van der Waals surface area contributed by atoms with Crippen molar-refractivity contribution < 1.29 is 4.42 Å². The van der Waals surface area contributed by atoms with E-state index in [1.165, 1.54) is 47.6 Å². The summed E-state index contributed by atoms with van der Waals surface area (Å²) in [7, 11) is 0. The zero-order chi connectivity index (χ0) is 27.1. The summed E-state index contributed by atoms with van der Waals surface area (Å²) < 4.78 is 5.95. The first kappa shape index (κ1) is 25.4. The Balaban J connectivity index is 1.42. The largest absolute Gasteiger partial charge is 0.408 e. The molecule has 0 aromatic carbocycles. The van der Waals surface area contributed by atoms with Crippen LogP contribution in [0.2, 0.25) is 0 Å². The van der Waals surface area contributed by atoms with Crippen molar-refractivity contribution in [2.24, 2.45) is 23.2 Å². The van der Waals surface area contributed by atoms with E-state index in [4.69, 9.17) is 9.40 Å². The molecule has 0 spiro atoms. The molecule has 1 saturated carbocycles. The molecule has 0 aliphatic heterocycles. The Morgan fingerprint density at radius 1 is 1.18 bits per heavy atom. The van der Waals surface area contributed by atoms with E-state index in [2.05, 4.69) is 68.4 Å². The van der Waals surface area contributed by atoms with Crippen molar-refractivity contribution in [2.45, 2.75) is 78.6 Å². The predicted molar refractivity (Wildman–Crippen MR) is 163 cm³/mol. The monoisotopic (exact) mass is 556 g/mol. The molecule has 4 heterocycles. The highest BCUT2D eigenvalue weighted by Gasteiger charge is 2.55. The summed E-state index contributed by atoms with van der Waals surface area (Å²) in [6.45, 7) is 11.5. The first-order valence-corrected chi connectivity index (χ1v) is 16.1. The van der Waals surface area contributed by atoms with Crippen LogP contribution in [0.1, 0.15) is 77.8 Å². The average molecular weight is 557 g/mol. The lowest BCUT2D eigenvalue weighted by atomic mass is 9.46. The Bertz CT molecular complexity index is 1720. The topological polar surface area (TPSA) is 56.0 Å². The molecule has 4 unspecified atom stereocenters. The van der Waals surface area contributed by atoms with Crippen molar-refractivity contribution in [1.82, 2.24) is 9.97 Å². The second-order valence-electron chi connectivity index (χ2n) is 12.7. The molecule has 4 aromatic rings. The Kier molecular flexibility index (Phi) is 5.84. The molecule has 4 aromatic heterocycles. The second-order valence-corrected chi connectivity index (χ2v) is 14.7. The third-order valence-corrected chi connectivity index (χ3v) is 12.2. The van der Waals surface area contributed by atoms with Crippen molar-refractivity contribution in [1.29, 1.82) is 0 Å². The highest BCUT2D eigenvalue weighted by atomic mass is 32.1. The maximum absolute atomic E-state index is 12.8. The minimum atomic E-state index is -0.313. The lowest BCUT2D eigenvalue weighted by Gasteiger charge is -2.58. The number of nitrogens with zero attached hydrogens (tertiary/aromatic N) is 2. The average Bonchev–Trinajstić information content (AvgIpc) is 3.56. The van der Waals surface area contributed by atoms with Gasteiger partial charge < -0.3 is 4.42 Å². The summed E-state index contributed by atoms with van der Waals surface area (Å²) >= 11 is 3.18. The van der Waals surface area contributed by atoms with Crippen LogP contribution in [0.4, 0.5) is 0 Å². The number of hydrogen-bond donors (Lipinski definition) is 0.